The second-order valence-corrected chi connectivity index (χ2v) is 3.58. The molecule has 0 saturated carbocycles. The summed E-state index contributed by atoms with van der Waals surface area (Å²) in [6.07, 6.45) is 0.807. The quantitative estimate of drug-likeness (QED) is 0.666. The number of rotatable bonds is 4. The molecular formula is C9H17NO3. The molecule has 1 aliphatic rings. The van der Waals surface area contributed by atoms with Gasteiger partial charge in [-0.1, -0.05) is 6.92 Å². The third kappa shape index (κ3) is 1.84. The second kappa shape index (κ2) is 4.07. The van der Waals surface area contributed by atoms with Crippen molar-refractivity contribution in [2.45, 2.75) is 13.3 Å². The number of carbonyl (C=O) groups excluding carboxylic acids is 1. The number of amides is 1. The molecular weight excluding hydrogens is 170 g/mol. The van der Waals surface area contributed by atoms with Crippen LogP contribution in [0.2, 0.25) is 0 Å². The molecule has 76 valence electrons. The molecule has 0 bridgehead atoms. The first-order valence-electron chi connectivity index (χ1n) is 4.60. The van der Waals surface area contributed by atoms with Gasteiger partial charge in [0.2, 0.25) is 5.91 Å². The van der Waals surface area contributed by atoms with E-state index in [0.29, 0.717) is 19.8 Å². The van der Waals surface area contributed by atoms with Gasteiger partial charge in [0.05, 0.1) is 25.2 Å². The molecule has 1 heterocycles. The van der Waals surface area contributed by atoms with E-state index in [-0.39, 0.29) is 17.9 Å². The van der Waals surface area contributed by atoms with Crippen LogP contribution in [0.1, 0.15) is 13.3 Å². The summed E-state index contributed by atoms with van der Waals surface area (Å²) in [4.78, 5) is 13.4. The van der Waals surface area contributed by atoms with E-state index in [0.717, 1.165) is 6.42 Å². The number of aliphatic hydroxyl groups excluding tert-OH is 1. The molecule has 13 heavy (non-hydrogen) atoms. The van der Waals surface area contributed by atoms with Gasteiger partial charge in [0.25, 0.3) is 0 Å². The summed E-state index contributed by atoms with van der Waals surface area (Å²) in [5.74, 6) is 0.0929. The first-order chi connectivity index (χ1) is 6.16. The van der Waals surface area contributed by atoms with E-state index in [1.165, 1.54) is 0 Å². The fourth-order valence-corrected chi connectivity index (χ4v) is 1.48. The Bertz CT molecular complexity index is 184. The summed E-state index contributed by atoms with van der Waals surface area (Å²) >= 11 is 0. The van der Waals surface area contributed by atoms with Crippen LogP contribution < -0.4 is 0 Å². The van der Waals surface area contributed by atoms with Crippen LogP contribution in [-0.4, -0.2) is 49.3 Å². The summed E-state index contributed by atoms with van der Waals surface area (Å²) in [6, 6.07) is 0. The molecule has 0 aromatic carbocycles. The smallest absolute Gasteiger partial charge is 0.233 e. The van der Waals surface area contributed by atoms with Gasteiger partial charge in [-0.25, -0.2) is 0 Å². The van der Waals surface area contributed by atoms with Gasteiger partial charge in [-0.2, -0.15) is 0 Å². The van der Waals surface area contributed by atoms with Crippen molar-refractivity contribution >= 4 is 5.91 Å². The highest BCUT2D eigenvalue weighted by Gasteiger charge is 2.45. The van der Waals surface area contributed by atoms with Crippen molar-refractivity contribution in [2.75, 3.05) is 33.4 Å². The Balaban J connectivity index is 2.54. The summed E-state index contributed by atoms with van der Waals surface area (Å²) in [7, 11) is 1.72. The maximum absolute atomic E-state index is 11.8. The van der Waals surface area contributed by atoms with E-state index < -0.39 is 0 Å². The average molecular weight is 187 g/mol. The highest BCUT2D eigenvalue weighted by molar-refractivity contribution is 5.83. The molecule has 0 aromatic rings. The van der Waals surface area contributed by atoms with E-state index >= 15 is 0 Å². The van der Waals surface area contributed by atoms with Crippen LogP contribution in [0.15, 0.2) is 0 Å². The van der Waals surface area contributed by atoms with Gasteiger partial charge in [-0.3, -0.25) is 4.79 Å². The Labute approximate surface area is 78.5 Å². The minimum Gasteiger partial charge on any atom is -0.395 e. The lowest BCUT2D eigenvalue weighted by atomic mass is 9.82. The number of aliphatic hydroxyl groups is 1. The molecule has 0 radical (unpaired) electrons. The summed E-state index contributed by atoms with van der Waals surface area (Å²) < 4.78 is 5.07. The van der Waals surface area contributed by atoms with Gasteiger partial charge in [-0.15, -0.1) is 0 Å². The summed E-state index contributed by atoms with van der Waals surface area (Å²) in [5.41, 5.74) is -0.302. The third-order valence-electron chi connectivity index (χ3n) is 2.67. The third-order valence-corrected chi connectivity index (χ3v) is 2.67. The number of hydrogen-bond acceptors (Lipinski definition) is 3. The number of hydrogen-bond donors (Lipinski definition) is 1. The molecule has 1 N–H and O–H groups in total. The lowest BCUT2D eigenvalue weighted by molar-refractivity contribution is -0.172. The van der Waals surface area contributed by atoms with Crippen LogP contribution in [-0.2, 0) is 9.53 Å². The standard InChI is InChI=1S/C9H17NO3/c1-3-9(6-13-7-9)8(12)10(2)4-5-11/h11H,3-7H2,1-2H3. The van der Waals surface area contributed by atoms with Crippen molar-refractivity contribution < 1.29 is 14.6 Å². The van der Waals surface area contributed by atoms with Crippen molar-refractivity contribution in [1.29, 1.82) is 0 Å². The Morgan fingerprint density at radius 2 is 2.23 bits per heavy atom. The number of nitrogens with zero attached hydrogens (tertiary/aromatic N) is 1. The molecule has 1 aliphatic heterocycles. The minimum absolute atomic E-state index is 0.0168. The maximum atomic E-state index is 11.8. The fourth-order valence-electron chi connectivity index (χ4n) is 1.48. The zero-order valence-corrected chi connectivity index (χ0v) is 8.25. The largest absolute Gasteiger partial charge is 0.395 e. The van der Waals surface area contributed by atoms with Crippen molar-refractivity contribution in [2.24, 2.45) is 5.41 Å². The first kappa shape index (κ1) is 10.5. The lowest BCUT2D eigenvalue weighted by Gasteiger charge is -2.41. The van der Waals surface area contributed by atoms with Gasteiger partial charge in [0.15, 0.2) is 0 Å². The lowest BCUT2D eigenvalue weighted by Crippen LogP contribution is -2.54. The molecule has 0 unspecified atom stereocenters. The number of likely N-dealkylation sites (N-methyl/N-ethyl adjacent to an activating group) is 1. The van der Waals surface area contributed by atoms with E-state index in [1.54, 1.807) is 11.9 Å². The molecule has 0 atom stereocenters. The zero-order chi connectivity index (χ0) is 9.90. The molecule has 0 aliphatic carbocycles. The zero-order valence-electron chi connectivity index (χ0n) is 8.25. The second-order valence-electron chi connectivity index (χ2n) is 3.58. The average Bonchev–Trinajstić information content (AvgIpc) is 2.03. The van der Waals surface area contributed by atoms with Gasteiger partial charge < -0.3 is 14.7 Å². The maximum Gasteiger partial charge on any atom is 0.233 e. The number of carbonyl (C=O) groups is 1. The van der Waals surface area contributed by atoms with Crippen molar-refractivity contribution in [3.05, 3.63) is 0 Å². The van der Waals surface area contributed by atoms with E-state index in [4.69, 9.17) is 9.84 Å². The summed E-state index contributed by atoms with van der Waals surface area (Å²) in [6.45, 7) is 3.47. The number of ether oxygens (including phenoxy) is 1. The highest BCUT2D eigenvalue weighted by Crippen LogP contribution is 2.32. The Kier molecular flexibility index (Phi) is 3.27. The fraction of sp³-hybridized carbons (Fsp3) is 0.889. The van der Waals surface area contributed by atoms with Crippen LogP contribution in [0, 0.1) is 5.41 Å². The normalized spacial score (nSPS) is 19.3. The minimum atomic E-state index is -0.302. The van der Waals surface area contributed by atoms with E-state index in [2.05, 4.69) is 0 Å². The van der Waals surface area contributed by atoms with E-state index in [1.807, 2.05) is 6.92 Å². The molecule has 1 amide bonds. The van der Waals surface area contributed by atoms with Gasteiger partial charge in [0.1, 0.15) is 0 Å². The Morgan fingerprint density at radius 1 is 1.62 bits per heavy atom. The Morgan fingerprint density at radius 3 is 2.54 bits per heavy atom. The monoisotopic (exact) mass is 187 g/mol. The van der Waals surface area contributed by atoms with Crippen LogP contribution in [0.5, 0.6) is 0 Å². The Hall–Kier alpha value is -0.610. The molecule has 1 saturated heterocycles. The van der Waals surface area contributed by atoms with E-state index in [9.17, 15) is 4.79 Å². The van der Waals surface area contributed by atoms with Crippen LogP contribution in [0.25, 0.3) is 0 Å². The highest BCUT2D eigenvalue weighted by atomic mass is 16.5. The predicted octanol–water partition coefficient (Wildman–Crippen LogP) is -0.136. The molecule has 4 heteroatoms. The molecule has 1 fully saturated rings. The van der Waals surface area contributed by atoms with Crippen LogP contribution >= 0.6 is 0 Å². The molecule has 4 nitrogen and oxygen atoms in total. The topological polar surface area (TPSA) is 49.8 Å². The van der Waals surface area contributed by atoms with Crippen molar-refractivity contribution in [3.8, 4) is 0 Å². The summed E-state index contributed by atoms with van der Waals surface area (Å²) in [5, 5.41) is 8.69. The SMILES string of the molecule is CCC1(C(=O)N(C)CCO)COC1. The molecule has 0 spiro atoms. The van der Waals surface area contributed by atoms with Crippen LogP contribution in [0.4, 0.5) is 0 Å². The molecule has 1 rings (SSSR count). The molecule has 0 aromatic heterocycles. The van der Waals surface area contributed by atoms with Crippen molar-refractivity contribution in [1.82, 2.24) is 4.90 Å². The first-order valence-corrected chi connectivity index (χ1v) is 4.60. The van der Waals surface area contributed by atoms with Gasteiger partial charge in [-0.05, 0) is 6.42 Å². The van der Waals surface area contributed by atoms with Gasteiger partial charge in [0, 0.05) is 13.6 Å². The predicted molar refractivity (Wildman–Crippen MR) is 48.3 cm³/mol. The van der Waals surface area contributed by atoms with Gasteiger partial charge >= 0.3 is 0 Å². The van der Waals surface area contributed by atoms with Crippen LogP contribution in [0.3, 0.4) is 0 Å². The van der Waals surface area contributed by atoms with Crippen molar-refractivity contribution in [3.63, 3.8) is 0 Å².